The third-order valence-corrected chi connectivity index (χ3v) is 2.66. The van der Waals surface area contributed by atoms with Crippen molar-refractivity contribution in [3.05, 3.63) is 23.6 Å². The van der Waals surface area contributed by atoms with E-state index in [1.807, 2.05) is 0 Å². The summed E-state index contributed by atoms with van der Waals surface area (Å²) in [5.41, 5.74) is 0. The molecule has 17 heavy (non-hydrogen) atoms. The van der Waals surface area contributed by atoms with E-state index in [0.29, 0.717) is 19.2 Å². The number of pyridine rings is 1. The smallest absolute Gasteiger partial charge is 0.251 e. The molecule has 1 aliphatic rings. The normalized spacial score (nSPS) is 20.3. The fraction of sp³-hybridized carbons (Fsp3) is 0.545. The summed E-state index contributed by atoms with van der Waals surface area (Å²) in [7, 11) is 0. The number of hydrogen-bond donors (Lipinski definition) is 1. The SMILES string of the molecule is Fc1cc(F)c(NCC2CCCCO2)nc1F. The lowest BCUT2D eigenvalue weighted by molar-refractivity contribution is 0.0246. The standard InChI is InChI=1S/C11H13F3N2O/c12-8-5-9(13)11(16-10(8)14)15-6-7-3-1-2-4-17-7/h5,7H,1-4,6H2,(H,15,16). The highest BCUT2D eigenvalue weighted by Crippen LogP contribution is 2.16. The first-order chi connectivity index (χ1) is 8.16. The summed E-state index contributed by atoms with van der Waals surface area (Å²) >= 11 is 0. The van der Waals surface area contributed by atoms with Gasteiger partial charge in [-0.05, 0) is 19.3 Å². The molecular formula is C11H13F3N2O. The average molecular weight is 246 g/mol. The van der Waals surface area contributed by atoms with Gasteiger partial charge in [-0.15, -0.1) is 0 Å². The van der Waals surface area contributed by atoms with Crippen LogP contribution in [0.3, 0.4) is 0 Å². The van der Waals surface area contributed by atoms with Crippen LogP contribution < -0.4 is 5.32 Å². The lowest BCUT2D eigenvalue weighted by Gasteiger charge is -2.23. The van der Waals surface area contributed by atoms with Crippen LogP contribution in [0.2, 0.25) is 0 Å². The molecule has 0 saturated carbocycles. The number of hydrogen-bond acceptors (Lipinski definition) is 3. The van der Waals surface area contributed by atoms with E-state index in [2.05, 4.69) is 10.3 Å². The number of nitrogens with one attached hydrogen (secondary N) is 1. The Bertz CT molecular complexity index is 395. The third kappa shape index (κ3) is 3.09. The summed E-state index contributed by atoms with van der Waals surface area (Å²) in [6.45, 7) is 1.02. The van der Waals surface area contributed by atoms with Gasteiger partial charge in [0.1, 0.15) is 0 Å². The van der Waals surface area contributed by atoms with Gasteiger partial charge >= 0.3 is 0 Å². The molecule has 0 aromatic carbocycles. The lowest BCUT2D eigenvalue weighted by atomic mass is 10.1. The Kier molecular flexibility index (Phi) is 3.83. The summed E-state index contributed by atoms with van der Waals surface area (Å²) in [6.07, 6.45) is 2.92. The van der Waals surface area contributed by atoms with Gasteiger partial charge < -0.3 is 10.1 Å². The van der Waals surface area contributed by atoms with Crippen molar-refractivity contribution >= 4 is 5.82 Å². The Balaban J connectivity index is 1.96. The van der Waals surface area contributed by atoms with Gasteiger partial charge in [-0.2, -0.15) is 9.37 Å². The van der Waals surface area contributed by atoms with Crippen molar-refractivity contribution in [1.82, 2.24) is 4.98 Å². The molecule has 2 heterocycles. The Hall–Kier alpha value is -1.30. The zero-order chi connectivity index (χ0) is 12.3. The molecule has 3 nitrogen and oxygen atoms in total. The highest BCUT2D eigenvalue weighted by molar-refractivity contribution is 5.36. The van der Waals surface area contributed by atoms with Gasteiger partial charge in [0.15, 0.2) is 17.5 Å². The Morgan fingerprint density at radius 1 is 1.29 bits per heavy atom. The van der Waals surface area contributed by atoms with Gasteiger partial charge in [0.05, 0.1) is 6.10 Å². The monoisotopic (exact) mass is 246 g/mol. The van der Waals surface area contributed by atoms with E-state index in [-0.39, 0.29) is 11.9 Å². The summed E-state index contributed by atoms with van der Waals surface area (Å²) in [5.74, 6) is -3.78. The molecule has 6 heteroatoms. The molecule has 94 valence electrons. The minimum atomic E-state index is -1.31. The quantitative estimate of drug-likeness (QED) is 0.832. The van der Waals surface area contributed by atoms with Gasteiger partial charge in [0, 0.05) is 19.2 Å². The van der Waals surface area contributed by atoms with Crippen LogP contribution in [-0.4, -0.2) is 24.2 Å². The topological polar surface area (TPSA) is 34.1 Å². The van der Waals surface area contributed by atoms with Crippen LogP contribution in [0.15, 0.2) is 6.07 Å². The van der Waals surface area contributed by atoms with E-state index in [1.165, 1.54) is 0 Å². The predicted molar refractivity (Wildman–Crippen MR) is 56.2 cm³/mol. The Morgan fingerprint density at radius 3 is 2.82 bits per heavy atom. The van der Waals surface area contributed by atoms with Crippen molar-refractivity contribution in [2.24, 2.45) is 0 Å². The average Bonchev–Trinajstić information content (AvgIpc) is 2.33. The second-order valence-corrected chi connectivity index (χ2v) is 3.96. The molecule has 0 amide bonds. The number of rotatable bonds is 3. The summed E-state index contributed by atoms with van der Waals surface area (Å²) in [4.78, 5) is 3.17. The van der Waals surface area contributed by atoms with Crippen molar-refractivity contribution in [2.45, 2.75) is 25.4 Å². The third-order valence-electron chi connectivity index (χ3n) is 2.66. The zero-order valence-electron chi connectivity index (χ0n) is 9.18. The Labute approximate surface area is 97.0 Å². The van der Waals surface area contributed by atoms with Gasteiger partial charge in [0.2, 0.25) is 0 Å². The largest absolute Gasteiger partial charge is 0.376 e. The zero-order valence-corrected chi connectivity index (χ0v) is 9.18. The van der Waals surface area contributed by atoms with E-state index >= 15 is 0 Å². The van der Waals surface area contributed by atoms with Gasteiger partial charge in [0.25, 0.3) is 5.95 Å². The molecule has 0 radical (unpaired) electrons. The second-order valence-electron chi connectivity index (χ2n) is 3.96. The molecule has 1 fully saturated rings. The summed E-state index contributed by atoms with van der Waals surface area (Å²) in [6, 6.07) is 0.479. The number of aromatic nitrogens is 1. The summed E-state index contributed by atoms with van der Waals surface area (Å²) in [5, 5.41) is 2.63. The van der Waals surface area contributed by atoms with Crippen molar-refractivity contribution in [3.63, 3.8) is 0 Å². The van der Waals surface area contributed by atoms with Crippen molar-refractivity contribution in [3.8, 4) is 0 Å². The fourth-order valence-electron chi connectivity index (χ4n) is 1.75. The first kappa shape index (κ1) is 12.2. The maximum atomic E-state index is 13.2. The fourth-order valence-corrected chi connectivity index (χ4v) is 1.75. The van der Waals surface area contributed by atoms with Crippen molar-refractivity contribution in [1.29, 1.82) is 0 Å². The second kappa shape index (κ2) is 5.35. The molecule has 2 rings (SSSR count). The molecular weight excluding hydrogens is 233 g/mol. The molecule has 1 N–H and O–H groups in total. The predicted octanol–water partition coefficient (Wildman–Crippen LogP) is 2.48. The van der Waals surface area contributed by atoms with E-state index in [9.17, 15) is 13.2 Å². The first-order valence-corrected chi connectivity index (χ1v) is 5.54. The molecule has 1 unspecified atom stereocenters. The first-order valence-electron chi connectivity index (χ1n) is 5.54. The summed E-state index contributed by atoms with van der Waals surface area (Å²) < 4.78 is 44.1. The minimum absolute atomic E-state index is 0.0296. The van der Waals surface area contributed by atoms with Crippen molar-refractivity contribution < 1.29 is 17.9 Å². The van der Waals surface area contributed by atoms with Crippen LogP contribution in [0.5, 0.6) is 0 Å². The molecule has 1 aromatic rings. The molecule has 0 spiro atoms. The van der Waals surface area contributed by atoms with Crippen LogP contribution in [0.4, 0.5) is 19.0 Å². The van der Waals surface area contributed by atoms with Crippen LogP contribution in [0.25, 0.3) is 0 Å². The minimum Gasteiger partial charge on any atom is -0.376 e. The van der Waals surface area contributed by atoms with E-state index in [4.69, 9.17) is 4.74 Å². The van der Waals surface area contributed by atoms with Crippen molar-refractivity contribution in [2.75, 3.05) is 18.5 Å². The molecule has 0 aliphatic carbocycles. The van der Waals surface area contributed by atoms with E-state index in [1.54, 1.807) is 0 Å². The molecule has 1 atom stereocenters. The molecule has 0 bridgehead atoms. The van der Waals surface area contributed by atoms with Crippen LogP contribution >= 0.6 is 0 Å². The molecule has 1 aromatic heterocycles. The van der Waals surface area contributed by atoms with Crippen LogP contribution in [-0.2, 0) is 4.74 Å². The number of anilines is 1. The molecule has 1 saturated heterocycles. The van der Waals surface area contributed by atoms with Crippen LogP contribution in [0, 0.1) is 17.6 Å². The molecule has 1 aliphatic heterocycles. The van der Waals surface area contributed by atoms with E-state index < -0.39 is 17.6 Å². The van der Waals surface area contributed by atoms with Crippen LogP contribution in [0.1, 0.15) is 19.3 Å². The lowest BCUT2D eigenvalue weighted by Crippen LogP contribution is -2.27. The Morgan fingerprint density at radius 2 is 2.12 bits per heavy atom. The van der Waals surface area contributed by atoms with Gasteiger partial charge in [-0.1, -0.05) is 0 Å². The number of ether oxygens (including phenoxy) is 1. The van der Waals surface area contributed by atoms with E-state index in [0.717, 1.165) is 19.3 Å². The van der Waals surface area contributed by atoms with Gasteiger partial charge in [-0.25, -0.2) is 8.78 Å². The van der Waals surface area contributed by atoms with Gasteiger partial charge in [-0.3, -0.25) is 0 Å². The number of halogens is 3. The maximum absolute atomic E-state index is 13.2. The maximum Gasteiger partial charge on any atom is 0.251 e. The highest BCUT2D eigenvalue weighted by atomic mass is 19.2. The number of nitrogens with zero attached hydrogens (tertiary/aromatic N) is 1. The highest BCUT2D eigenvalue weighted by Gasteiger charge is 2.16.